The van der Waals surface area contributed by atoms with E-state index < -0.39 is 0 Å². The van der Waals surface area contributed by atoms with Gasteiger partial charge in [0.05, 0.1) is 4.99 Å². The van der Waals surface area contributed by atoms with Crippen molar-refractivity contribution in [3.8, 4) is 0 Å². The van der Waals surface area contributed by atoms with E-state index in [2.05, 4.69) is 6.92 Å². The van der Waals surface area contributed by atoms with E-state index >= 15 is 0 Å². The summed E-state index contributed by atoms with van der Waals surface area (Å²) in [5.41, 5.74) is 5.50. The molecule has 0 saturated carbocycles. The van der Waals surface area contributed by atoms with Crippen LogP contribution < -0.4 is 5.73 Å². The summed E-state index contributed by atoms with van der Waals surface area (Å²) in [7, 11) is 1.81. The Hall–Kier alpha value is -0.640. The van der Waals surface area contributed by atoms with Crippen LogP contribution in [-0.4, -0.2) is 29.4 Å². The number of hydrogen-bond acceptors (Lipinski definition) is 2. The highest BCUT2D eigenvalue weighted by Crippen LogP contribution is 2.04. The minimum absolute atomic E-state index is 0.0973. The van der Waals surface area contributed by atoms with Gasteiger partial charge < -0.3 is 10.6 Å². The van der Waals surface area contributed by atoms with E-state index in [4.69, 9.17) is 18.0 Å². The molecule has 0 aromatic carbocycles. The maximum Gasteiger partial charge on any atom is 0.222 e. The van der Waals surface area contributed by atoms with Crippen molar-refractivity contribution in [2.75, 3.05) is 13.6 Å². The van der Waals surface area contributed by atoms with E-state index in [1.807, 2.05) is 14.0 Å². The lowest BCUT2D eigenvalue weighted by Gasteiger charge is -2.20. The minimum Gasteiger partial charge on any atom is -0.393 e. The monoisotopic (exact) mass is 230 g/mol. The maximum absolute atomic E-state index is 11.6. The van der Waals surface area contributed by atoms with E-state index in [0.717, 1.165) is 19.3 Å². The molecule has 0 aliphatic rings. The van der Waals surface area contributed by atoms with Gasteiger partial charge in [-0.2, -0.15) is 0 Å². The topological polar surface area (TPSA) is 46.3 Å². The first-order valence-electron chi connectivity index (χ1n) is 5.52. The Morgan fingerprint density at radius 2 is 2.07 bits per heavy atom. The van der Waals surface area contributed by atoms with Crippen molar-refractivity contribution in [1.29, 1.82) is 0 Å². The molecule has 0 aliphatic carbocycles. The fourth-order valence-corrected chi connectivity index (χ4v) is 1.39. The number of nitrogens with two attached hydrogens (primary N) is 1. The van der Waals surface area contributed by atoms with Crippen LogP contribution in [0.15, 0.2) is 0 Å². The van der Waals surface area contributed by atoms with Gasteiger partial charge in [0, 0.05) is 25.9 Å². The van der Waals surface area contributed by atoms with Crippen LogP contribution in [0.25, 0.3) is 0 Å². The summed E-state index contributed by atoms with van der Waals surface area (Å²) in [5.74, 6) is 0.284. The number of unbranched alkanes of at least 4 members (excludes halogenated alkanes) is 2. The number of hydrogen-bond donors (Lipinski definition) is 1. The van der Waals surface area contributed by atoms with Crippen molar-refractivity contribution in [2.45, 2.75) is 39.5 Å². The first-order valence-corrected chi connectivity index (χ1v) is 5.93. The molecule has 0 spiro atoms. The van der Waals surface area contributed by atoms with Crippen LogP contribution in [0.4, 0.5) is 0 Å². The van der Waals surface area contributed by atoms with Gasteiger partial charge in [0.15, 0.2) is 0 Å². The Balaban J connectivity index is 3.83. The highest BCUT2D eigenvalue weighted by molar-refractivity contribution is 7.80. The lowest BCUT2D eigenvalue weighted by atomic mass is 10.1. The van der Waals surface area contributed by atoms with Crippen LogP contribution in [0.2, 0.25) is 0 Å². The van der Waals surface area contributed by atoms with Crippen molar-refractivity contribution in [3.05, 3.63) is 0 Å². The molecule has 0 aromatic heterocycles. The van der Waals surface area contributed by atoms with Crippen molar-refractivity contribution in [2.24, 2.45) is 11.7 Å². The van der Waals surface area contributed by atoms with Gasteiger partial charge >= 0.3 is 0 Å². The van der Waals surface area contributed by atoms with Crippen molar-refractivity contribution < 1.29 is 4.79 Å². The number of nitrogens with zero attached hydrogens (tertiary/aromatic N) is 1. The van der Waals surface area contributed by atoms with Gasteiger partial charge in [0.2, 0.25) is 5.91 Å². The number of rotatable bonds is 7. The average Bonchev–Trinajstić information content (AvgIpc) is 2.17. The number of carbonyl (C=O) groups excluding carboxylic acids is 1. The molecule has 0 heterocycles. The number of thiocarbonyl (C=S) groups is 1. The van der Waals surface area contributed by atoms with Crippen LogP contribution in [0.3, 0.4) is 0 Å². The Morgan fingerprint density at radius 3 is 2.53 bits per heavy atom. The van der Waals surface area contributed by atoms with Crippen molar-refractivity contribution in [1.82, 2.24) is 4.90 Å². The molecule has 0 radical (unpaired) electrons. The van der Waals surface area contributed by atoms with Gasteiger partial charge in [0.25, 0.3) is 0 Å². The zero-order valence-electron chi connectivity index (χ0n) is 9.95. The van der Waals surface area contributed by atoms with Crippen LogP contribution in [0.1, 0.15) is 39.5 Å². The van der Waals surface area contributed by atoms with Crippen LogP contribution in [0.5, 0.6) is 0 Å². The van der Waals surface area contributed by atoms with E-state index in [0.29, 0.717) is 18.0 Å². The largest absolute Gasteiger partial charge is 0.393 e. The Bertz CT molecular complexity index is 219. The second-order valence-corrected chi connectivity index (χ2v) is 4.51. The molecular formula is C11H22N2OS. The summed E-state index contributed by atoms with van der Waals surface area (Å²) in [5, 5.41) is 0. The molecule has 1 unspecified atom stereocenters. The summed E-state index contributed by atoms with van der Waals surface area (Å²) >= 11 is 4.87. The molecule has 0 aliphatic heterocycles. The predicted octanol–water partition coefficient (Wildman–Crippen LogP) is 1.95. The Labute approximate surface area is 98.0 Å². The molecule has 2 N–H and O–H groups in total. The average molecular weight is 230 g/mol. The van der Waals surface area contributed by atoms with E-state index in [1.165, 1.54) is 0 Å². The molecule has 0 saturated heterocycles. The second kappa shape index (κ2) is 7.63. The fraction of sp³-hybridized carbons (Fsp3) is 0.818. The fourth-order valence-electron chi connectivity index (χ4n) is 1.32. The summed E-state index contributed by atoms with van der Waals surface area (Å²) in [6.45, 7) is 4.70. The standard InChI is InChI=1S/C11H22N2OS/c1-4-5-6-7-10(14)13(3)8-9(2)11(12)15/h9H,4-8H2,1-3H3,(H2,12,15). The minimum atomic E-state index is 0.0973. The molecule has 15 heavy (non-hydrogen) atoms. The molecule has 1 amide bonds. The summed E-state index contributed by atoms with van der Waals surface area (Å²) in [6, 6.07) is 0. The Morgan fingerprint density at radius 1 is 1.47 bits per heavy atom. The zero-order valence-corrected chi connectivity index (χ0v) is 10.8. The van der Waals surface area contributed by atoms with Crippen molar-refractivity contribution >= 4 is 23.1 Å². The molecule has 1 atom stereocenters. The maximum atomic E-state index is 11.6. The van der Waals surface area contributed by atoms with Gasteiger partial charge in [0.1, 0.15) is 0 Å². The van der Waals surface area contributed by atoms with E-state index in [-0.39, 0.29) is 11.8 Å². The van der Waals surface area contributed by atoms with E-state index in [9.17, 15) is 4.79 Å². The molecule has 0 rings (SSSR count). The van der Waals surface area contributed by atoms with Gasteiger partial charge in [-0.3, -0.25) is 4.79 Å². The molecule has 0 fully saturated rings. The van der Waals surface area contributed by atoms with Gasteiger partial charge in [-0.05, 0) is 6.42 Å². The van der Waals surface area contributed by atoms with Gasteiger partial charge in [-0.1, -0.05) is 38.9 Å². The summed E-state index contributed by atoms with van der Waals surface area (Å²) in [4.78, 5) is 13.8. The lowest BCUT2D eigenvalue weighted by Crippen LogP contribution is -2.35. The number of amides is 1. The molecule has 3 nitrogen and oxygen atoms in total. The molecule has 0 bridgehead atoms. The summed E-state index contributed by atoms with van der Waals surface area (Å²) in [6.07, 6.45) is 3.86. The summed E-state index contributed by atoms with van der Waals surface area (Å²) < 4.78 is 0. The van der Waals surface area contributed by atoms with Gasteiger partial charge in [-0.15, -0.1) is 0 Å². The third-order valence-corrected chi connectivity index (χ3v) is 2.86. The predicted molar refractivity (Wildman–Crippen MR) is 67.7 cm³/mol. The lowest BCUT2D eigenvalue weighted by molar-refractivity contribution is -0.130. The normalized spacial score (nSPS) is 12.2. The molecule has 88 valence electrons. The second-order valence-electron chi connectivity index (χ2n) is 4.03. The van der Waals surface area contributed by atoms with Crippen molar-refractivity contribution in [3.63, 3.8) is 0 Å². The highest BCUT2D eigenvalue weighted by atomic mass is 32.1. The highest BCUT2D eigenvalue weighted by Gasteiger charge is 2.13. The van der Waals surface area contributed by atoms with Gasteiger partial charge in [-0.25, -0.2) is 0 Å². The molecular weight excluding hydrogens is 208 g/mol. The molecule has 0 aromatic rings. The zero-order chi connectivity index (χ0) is 11.8. The van der Waals surface area contributed by atoms with Crippen LogP contribution in [0, 0.1) is 5.92 Å². The first kappa shape index (κ1) is 14.4. The van der Waals surface area contributed by atoms with E-state index in [1.54, 1.807) is 4.90 Å². The van der Waals surface area contributed by atoms with Crippen LogP contribution >= 0.6 is 12.2 Å². The third kappa shape index (κ3) is 6.44. The Kier molecular flexibility index (Phi) is 7.30. The SMILES string of the molecule is CCCCCC(=O)N(C)CC(C)C(N)=S. The first-order chi connectivity index (χ1) is 6.99. The third-order valence-electron chi connectivity index (χ3n) is 2.45. The number of carbonyl (C=O) groups is 1. The van der Waals surface area contributed by atoms with Crippen LogP contribution in [-0.2, 0) is 4.79 Å². The smallest absolute Gasteiger partial charge is 0.222 e. The quantitative estimate of drug-likeness (QED) is 0.537. The molecule has 4 heteroatoms.